The molecule has 0 saturated carbocycles. The first-order valence-corrected chi connectivity index (χ1v) is 8.49. The Labute approximate surface area is 134 Å². The van der Waals surface area contributed by atoms with Crippen LogP contribution in [0, 0.1) is 6.92 Å². The first-order valence-electron chi connectivity index (χ1n) is 6.63. The Morgan fingerprint density at radius 1 is 1.09 bits per heavy atom. The van der Waals surface area contributed by atoms with Crippen molar-refractivity contribution in [3.63, 3.8) is 0 Å². The molecule has 0 spiro atoms. The molecule has 0 aliphatic carbocycles. The summed E-state index contributed by atoms with van der Waals surface area (Å²) in [6.45, 7) is 1.87. The molecule has 2 N–H and O–H groups in total. The maximum Gasteiger partial charge on any atom is 0.208 e. The predicted molar refractivity (Wildman–Crippen MR) is 86.3 cm³/mol. The van der Waals surface area contributed by atoms with Crippen LogP contribution < -0.4 is 5.32 Å². The molecule has 4 nitrogen and oxygen atoms in total. The molecule has 0 aromatic heterocycles. The number of alkyl halides is 1. The van der Waals surface area contributed by atoms with Crippen LogP contribution in [0.15, 0.2) is 64.5 Å². The maximum atomic E-state index is 12.8. The summed E-state index contributed by atoms with van der Waals surface area (Å²) in [5, 5.41) is 11.4. The van der Waals surface area contributed by atoms with Crippen molar-refractivity contribution in [3.05, 3.63) is 70.8 Å². The highest BCUT2D eigenvalue weighted by molar-refractivity contribution is 7.95. The van der Waals surface area contributed by atoms with Crippen LogP contribution in [0.3, 0.4) is 0 Å². The summed E-state index contributed by atoms with van der Waals surface area (Å²) in [6.07, 6.45) is 1.24. The van der Waals surface area contributed by atoms with E-state index in [1.807, 2.05) is 6.92 Å². The Morgan fingerprint density at radius 2 is 1.73 bits per heavy atom. The van der Waals surface area contributed by atoms with E-state index in [4.69, 9.17) is 11.6 Å². The topological polar surface area (TPSA) is 66.4 Å². The molecule has 2 aromatic carbocycles. The molecule has 0 amide bonds. The number of aryl methyl sites for hydroxylation is 1. The highest BCUT2D eigenvalue weighted by Crippen LogP contribution is 2.44. The molecule has 0 bridgehead atoms. The van der Waals surface area contributed by atoms with Crippen molar-refractivity contribution in [3.8, 4) is 0 Å². The summed E-state index contributed by atoms with van der Waals surface area (Å²) in [6, 6.07) is 13.2. The third-order valence-corrected chi connectivity index (χ3v) is 5.99. The summed E-state index contributed by atoms with van der Waals surface area (Å²) in [7, 11) is -3.91. The molecule has 22 heavy (non-hydrogen) atoms. The van der Waals surface area contributed by atoms with E-state index in [1.54, 1.807) is 36.4 Å². The first-order chi connectivity index (χ1) is 10.3. The zero-order chi connectivity index (χ0) is 16.0. The second-order valence-electron chi connectivity index (χ2n) is 5.14. The average Bonchev–Trinajstić information content (AvgIpc) is 2.47. The molecular formula is C16H14ClNO3S. The number of hydrogen-bond acceptors (Lipinski definition) is 4. The number of para-hydroxylation sites is 1. The van der Waals surface area contributed by atoms with E-state index in [2.05, 4.69) is 5.32 Å². The normalized spacial score (nSPS) is 20.8. The number of nitrogens with one attached hydrogen (secondary N) is 1. The van der Waals surface area contributed by atoms with E-state index in [-0.39, 0.29) is 9.80 Å². The van der Waals surface area contributed by atoms with Crippen LogP contribution in [0.4, 0.5) is 5.69 Å². The lowest BCUT2D eigenvalue weighted by atomic mass is 10.0. The van der Waals surface area contributed by atoms with Gasteiger partial charge in [0.15, 0.2) is 0 Å². The van der Waals surface area contributed by atoms with E-state index in [0.717, 1.165) is 5.56 Å². The van der Waals surface area contributed by atoms with Crippen LogP contribution in [0.1, 0.15) is 11.1 Å². The van der Waals surface area contributed by atoms with Gasteiger partial charge in [-0.05, 0) is 25.1 Å². The van der Waals surface area contributed by atoms with E-state index in [9.17, 15) is 13.5 Å². The van der Waals surface area contributed by atoms with Crippen LogP contribution in [-0.2, 0) is 14.9 Å². The zero-order valence-electron chi connectivity index (χ0n) is 11.7. The van der Waals surface area contributed by atoms with Gasteiger partial charge in [-0.25, -0.2) is 8.42 Å². The number of halogens is 1. The number of aliphatic hydroxyl groups is 1. The molecule has 0 saturated heterocycles. The number of benzene rings is 2. The van der Waals surface area contributed by atoms with Crippen LogP contribution in [-0.4, -0.2) is 13.5 Å². The van der Waals surface area contributed by atoms with Crippen molar-refractivity contribution in [2.75, 3.05) is 5.32 Å². The zero-order valence-corrected chi connectivity index (χ0v) is 13.3. The van der Waals surface area contributed by atoms with Crippen LogP contribution in [0.2, 0.25) is 0 Å². The van der Waals surface area contributed by atoms with Gasteiger partial charge in [0, 0.05) is 17.5 Å². The van der Waals surface area contributed by atoms with E-state index in [0.29, 0.717) is 11.3 Å². The van der Waals surface area contributed by atoms with E-state index >= 15 is 0 Å². The second-order valence-corrected chi connectivity index (χ2v) is 7.60. The summed E-state index contributed by atoms with van der Waals surface area (Å²) in [4.78, 5) is -0.200. The fourth-order valence-electron chi connectivity index (χ4n) is 2.37. The minimum absolute atomic E-state index is 0.0876. The molecule has 1 atom stereocenters. The van der Waals surface area contributed by atoms with Crippen molar-refractivity contribution < 1.29 is 13.5 Å². The quantitative estimate of drug-likeness (QED) is 0.827. The van der Waals surface area contributed by atoms with Gasteiger partial charge in [-0.15, -0.1) is 0 Å². The van der Waals surface area contributed by atoms with Crippen molar-refractivity contribution in [2.45, 2.75) is 16.9 Å². The molecule has 6 heteroatoms. The van der Waals surface area contributed by atoms with E-state index in [1.165, 1.54) is 18.3 Å². The molecule has 1 unspecified atom stereocenters. The summed E-state index contributed by atoms with van der Waals surface area (Å²) in [5.41, 5.74) is 1.83. The smallest absolute Gasteiger partial charge is 0.208 e. The number of fused-ring (bicyclic) bond motifs is 1. The molecule has 2 aromatic rings. The predicted octanol–water partition coefficient (Wildman–Crippen LogP) is 3.12. The minimum Gasteiger partial charge on any atom is -0.367 e. The lowest BCUT2D eigenvalue weighted by Gasteiger charge is -2.30. The molecule has 1 aliphatic rings. The Bertz CT molecular complexity index is 855. The number of hydrogen-bond donors (Lipinski definition) is 2. The molecular weight excluding hydrogens is 322 g/mol. The Kier molecular flexibility index (Phi) is 3.51. The average molecular weight is 336 g/mol. The molecule has 1 aliphatic heterocycles. The molecule has 1 heterocycles. The molecule has 114 valence electrons. The van der Waals surface area contributed by atoms with Crippen LogP contribution in [0.25, 0.3) is 0 Å². The van der Waals surface area contributed by atoms with Crippen molar-refractivity contribution in [1.82, 2.24) is 0 Å². The van der Waals surface area contributed by atoms with Gasteiger partial charge in [0.2, 0.25) is 14.9 Å². The van der Waals surface area contributed by atoms with Gasteiger partial charge in [0.05, 0.1) is 4.90 Å². The SMILES string of the molecule is Cc1ccc(S(=O)(=O)C2=CNc3ccccc3C2(O)Cl)cc1. The largest absolute Gasteiger partial charge is 0.367 e. The maximum absolute atomic E-state index is 12.8. The number of sulfone groups is 1. The summed E-state index contributed by atoms with van der Waals surface area (Å²) >= 11 is 6.20. The Balaban J connectivity index is 2.13. The second kappa shape index (κ2) is 5.12. The first kappa shape index (κ1) is 15.1. The third-order valence-electron chi connectivity index (χ3n) is 3.59. The molecule has 0 fully saturated rings. The fourth-order valence-corrected chi connectivity index (χ4v) is 4.32. The van der Waals surface area contributed by atoms with Gasteiger partial charge in [0.25, 0.3) is 0 Å². The minimum atomic E-state index is -3.91. The summed E-state index contributed by atoms with van der Waals surface area (Å²) in [5.74, 6) is 0. The number of rotatable bonds is 2. The Morgan fingerprint density at radius 3 is 2.41 bits per heavy atom. The monoisotopic (exact) mass is 335 g/mol. The van der Waals surface area contributed by atoms with Crippen molar-refractivity contribution >= 4 is 27.1 Å². The van der Waals surface area contributed by atoms with Gasteiger partial charge in [0.1, 0.15) is 4.91 Å². The third kappa shape index (κ3) is 2.31. The van der Waals surface area contributed by atoms with Gasteiger partial charge in [-0.3, -0.25) is 0 Å². The van der Waals surface area contributed by atoms with E-state index < -0.39 is 14.9 Å². The van der Waals surface area contributed by atoms with Crippen LogP contribution >= 0.6 is 11.6 Å². The number of anilines is 1. The fraction of sp³-hybridized carbons (Fsp3) is 0.125. The van der Waals surface area contributed by atoms with Crippen LogP contribution in [0.5, 0.6) is 0 Å². The van der Waals surface area contributed by atoms with Gasteiger partial charge >= 0.3 is 0 Å². The molecule has 3 rings (SSSR count). The standard InChI is InChI=1S/C16H14ClNO3S/c1-11-6-8-12(9-7-11)22(20,21)15-10-18-14-5-3-2-4-13(14)16(15,17)19/h2-10,18-19H,1H3. The molecule has 0 radical (unpaired) electrons. The summed E-state index contributed by atoms with van der Waals surface area (Å²) < 4.78 is 25.5. The highest BCUT2D eigenvalue weighted by Gasteiger charge is 2.43. The lowest BCUT2D eigenvalue weighted by Crippen LogP contribution is -2.31. The lowest BCUT2D eigenvalue weighted by molar-refractivity contribution is 0.175. The van der Waals surface area contributed by atoms with Crippen molar-refractivity contribution in [2.24, 2.45) is 0 Å². The van der Waals surface area contributed by atoms with Gasteiger partial charge in [-0.2, -0.15) is 0 Å². The van der Waals surface area contributed by atoms with Crippen molar-refractivity contribution in [1.29, 1.82) is 0 Å². The van der Waals surface area contributed by atoms with Gasteiger partial charge < -0.3 is 10.4 Å². The van der Waals surface area contributed by atoms with Gasteiger partial charge in [-0.1, -0.05) is 47.5 Å². The highest BCUT2D eigenvalue weighted by atomic mass is 35.5. The Hall–Kier alpha value is -1.82.